The van der Waals surface area contributed by atoms with E-state index in [1.54, 1.807) is 12.1 Å². The van der Waals surface area contributed by atoms with Crippen molar-refractivity contribution < 1.29 is 17.6 Å². The van der Waals surface area contributed by atoms with Gasteiger partial charge in [-0.3, -0.25) is 4.79 Å². The summed E-state index contributed by atoms with van der Waals surface area (Å²) < 4.78 is 40.4. The number of aryl methyl sites for hydroxylation is 1. The Balaban J connectivity index is 2.37. The van der Waals surface area contributed by atoms with Crippen molar-refractivity contribution in [3.63, 3.8) is 0 Å². The Kier molecular flexibility index (Phi) is 5.08. The quantitative estimate of drug-likeness (QED) is 0.653. The van der Waals surface area contributed by atoms with E-state index in [0.717, 1.165) is 5.56 Å². The topological polar surface area (TPSA) is 63.2 Å². The molecule has 0 radical (unpaired) electrons. The van der Waals surface area contributed by atoms with Crippen LogP contribution >= 0.6 is 0 Å². The third-order valence-electron chi connectivity index (χ3n) is 3.33. The fourth-order valence-electron chi connectivity index (χ4n) is 2.02. The maximum atomic E-state index is 13.0. The van der Waals surface area contributed by atoms with Crippen LogP contribution in [0.4, 0.5) is 4.39 Å². The molecule has 0 aliphatic heterocycles. The van der Waals surface area contributed by atoms with Crippen molar-refractivity contribution >= 4 is 16.3 Å². The molecule has 0 aliphatic rings. The van der Waals surface area contributed by atoms with Gasteiger partial charge in [-0.25, -0.2) is 12.8 Å². The normalized spacial score (nSPS) is 12.6. The van der Waals surface area contributed by atoms with Crippen molar-refractivity contribution in [3.05, 3.63) is 77.6 Å². The van der Waals surface area contributed by atoms with Gasteiger partial charge < -0.3 is 0 Å². The second kappa shape index (κ2) is 6.85. The predicted octanol–water partition coefficient (Wildman–Crippen LogP) is 2.91. The highest BCUT2D eigenvalue weighted by molar-refractivity contribution is 7.89. The number of nitrogens with one attached hydrogen (secondary N) is 1. The summed E-state index contributed by atoms with van der Waals surface area (Å²) in [5, 5.41) is 0. The van der Waals surface area contributed by atoms with Crippen LogP contribution < -0.4 is 4.72 Å². The average Bonchev–Trinajstić information content (AvgIpc) is 2.53. The van der Waals surface area contributed by atoms with Gasteiger partial charge in [0.25, 0.3) is 0 Å². The van der Waals surface area contributed by atoms with Gasteiger partial charge >= 0.3 is 0 Å². The first-order chi connectivity index (χ1) is 10.8. The van der Waals surface area contributed by atoms with Crippen LogP contribution in [0.25, 0.3) is 0 Å². The van der Waals surface area contributed by atoms with E-state index >= 15 is 0 Å². The number of rotatable bonds is 6. The van der Waals surface area contributed by atoms with Crippen molar-refractivity contribution in [2.24, 2.45) is 0 Å². The lowest BCUT2D eigenvalue weighted by Gasteiger charge is -2.19. The number of sulfonamides is 1. The smallest absolute Gasteiger partial charge is 0.241 e. The summed E-state index contributed by atoms with van der Waals surface area (Å²) in [5.74, 6) is -0.453. The SMILES string of the molecule is C=C(C=O)C(NS(=O)(=O)c1ccc(C)cc1)c1ccc(F)cc1. The minimum atomic E-state index is -3.85. The van der Waals surface area contributed by atoms with Crippen LogP contribution in [0, 0.1) is 12.7 Å². The highest BCUT2D eigenvalue weighted by atomic mass is 32.2. The zero-order chi connectivity index (χ0) is 17.0. The molecule has 0 fully saturated rings. The number of carbonyl (C=O) groups is 1. The van der Waals surface area contributed by atoms with Gasteiger partial charge in [-0.2, -0.15) is 4.72 Å². The van der Waals surface area contributed by atoms with Gasteiger partial charge in [0.05, 0.1) is 10.9 Å². The van der Waals surface area contributed by atoms with Crippen LogP contribution in [-0.4, -0.2) is 14.7 Å². The number of carbonyl (C=O) groups excluding carboxylic acids is 1. The van der Waals surface area contributed by atoms with Crippen molar-refractivity contribution in [1.29, 1.82) is 0 Å². The van der Waals surface area contributed by atoms with E-state index in [4.69, 9.17) is 0 Å². The van der Waals surface area contributed by atoms with Crippen LogP contribution in [-0.2, 0) is 14.8 Å². The van der Waals surface area contributed by atoms with E-state index in [1.807, 2.05) is 6.92 Å². The minimum Gasteiger partial charge on any atom is -0.298 e. The van der Waals surface area contributed by atoms with E-state index in [9.17, 15) is 17.6 Å². The Morgan fingerprint density at radius 2 is 1.70 bits per heavy atom. The Morgan fingerprint density at radius 1 is 1.13 bits per heavy atom. The predicted molar refractivity (Wildman–Crippen MR) is 85.8 cm³/mol. The van der Waals surface area contributed by atoms with Crippen molar-refractivity contribution in [2.75, 3.05) is 0 Å². The second-order valence-electron chi connectivity index (χ2n) is 5.11. The van der Waals surface area contributed by atoms with Crippen LogP contribution in [0.2, 0.25) is 0 Å². The van der Waals surface area contributed by atoms with E-state index in [0.29, 0.717) is 11.8 Å². The molecule has 0 heterocycles. The molecule has 120 valence electrons. The van der Waals surface area contributed by atoms with Gasteiger partial charge in [-0.05, 0) is 36.8 Å². The molecule has 0 saturated heterocycles. The summed E-state index contributed by atoms with van der Waals surface area (Å²) in [6.07, 6.45) is 0.478. The molecule has 2 rings (SSSR count). The summed E-state index contributed by atoms with van der Waals surface area (Å²) in [5.41, 5.74) is 1.39. The molecular weight excluding hydrogens is 317 g/mol. The molecule has 23 heavy (non-hydrogen) atoms. The summed E-state index contributed by atoms with van der Waals surface area (Å²) in [6, 6.07) is 10.6. The summed E-state index contributed by atoms with van der Waals surface area (Å²) in [4.78, 5) is 11.1. The Bertz CT molecular complexity index is 812. The van der Waals surface area contributed by atoms with Crippen molar-refractivity contribution in [3.8, 4) is 0 Å². The molecule has 0 saturated carbocycles. The zero-order valence-electron chi connectivity index (χ0n) is 12.5. The minimum absolute atomic E-state index is 0.0345. The van der Waals surface area contributed by atoms with Crippen LogP contribution in [0.1, 0.15) is 17.2 Å². The molecule has 6 heteroatoms. The lowest BCUT2D eigenvalue weighted by molar-refractivity contribution is -0.105. The Morgan fingerprint density at radius 3 is 2.22 bits per heavy atom. The van der Waals surface area contributed by atoms with Crippen molar-refractivity contribution in [1.82, 2.24) is 4.72 Å². The molecule has 0 aliphatic carbocycles. The van der Waals surface area contributed by atoms with Crippen LogP contribution in [0.5, 0.6) is 0 Å². The summed E-state index contributed by atoms with van der Waals surface area (Å²) in [6.45, 7) is 5.42. The van der Waals surface area contributed by atoms with Gasteiger partial charge in [-0.15, -0.1) is 0 Å². The fourth-order valence-corrected chi connectivity index (χ4v) is 3.25. The van der Waals surface area contributed by atoms with E-state index in [-0.39, 0.29) is 10.5 Å². The molecule has 2 aromatic rings. The van der Waals surface area contributed by atoms with Gasteiger partial charge in [0.1, 0.15) is 12.1 Å². The van der Waals surface area contributed by atoms with Crippen LogP contribution in [0.15, 0.2) is 65.6 Å². The second-order valence-corrected chi connectivity index (χ2v) is 6.83. The lowest BCUT2D eigenvalue weighted by Crippen LogP contribution is -2.30. The lowest BCUT2D eigenvalue weighted by atomic mass is 10.0. The highest BCUT2D eigenvalue weighted by Gasteiger charge is 2.23. The third-order valence-corrected chi connectivity index (χ3v) is 4.77. The third kappa shape index (κ3) is 4.12. The molecule has 4 nitrogen and oxygen atoms in total. The number of benzene rings is 2. The fraction of sp³-hybridized carbons (Fsp3) is 0.118. The Labute approximate surface area is 134 Å². The first-order valence-electron chi connectivity index (χ1n) is 6.82. The molecule has 0 amide bonds. The zero-order valence-corrected chi connectivity index (χ0v) is 13.3. The molecule has 1 atom stereocenters. The summed E-state index contributed by atoms with van der Waals surface area (Å²) in [7, 11) is -3.85. The highest BCUT2D eigenvalue weighted by Crippen LogP contribution is 2.23. The maximum absolute atomic E-state index is 13.0. The molecule has 1 N–H and O–H groups in total. The van der Waals surface area contributed by atoms with Crippen LogP contribution in [0.3, 0.4) is 0 Å². The molecular formula is C17H16FNO3S. The first kappa shape index (κ1) is 17.1. The first-order valence-corrected chi connectivity index (χ1v) is 8.30. The average molecular weight is 333 g/mol. The van der Waals surface area contributed by atoms with E-state index in [1.165, 1.54) is 36.4 Å². The summed E-state index contributed by atoms with van der Waals surface area (Å²) >= 11 is 0. The van der Waals surface area contributed by atoms with Gasteiger partial charge in [0.2, 0.25) is 10.0 Å². The van der Waals surface area contributed by atoms with E-state index < -0.39 is 21.9 Å². The molecule has 0 bridgehead atoms. The van der Waals surface area contributed by atoms with Crippen molar-refractivity contribution in [2.45, 2.75) is 17.9 Å². The number of hydrogen-bond donors (Lipinski definition) is 1. The molecule has 0 spiro atoms. The monoisotopic (exact) mass is 333 g/mol. The largest absolute Gasteiger partial charge is 0.298 e. The number of halogens is 1. The number of aldehydes is 1. The molecule has 0 aromatic heterocycles. The standard InChI is InChI=1S/C17H16FNO3S/c1-12-3-9-16(10-4-12)23(21,22)19-17(13(2)11-20)14-5-7-15(18)8-6-14/h3-11,17,19H,2H2,1H3. The Hall–Kier alpha value is -2.31. The molecule has 2 aromatic carbocycles. The number of hydrogen-bond acceptors (Lipinski definition) is 3. The van der Waals surface area contributed by atoms with Gasteiger partial charge in [0, 0.05) is 5.57 Å². The van der Waals surface area contributed by atoms with E-state index in [2.05, 4.69) is 11.3 Å². The van der Waals surface area contributed by atoms with Gasteiger partial charge in [0.15, 0.2) is 0 Å². The molecule has 1 unspecified atom stereocenters. The maximum Gasteiger partial charge on any atom is 0.241 e. The van der Waals surface area contributed by atoms with Gasteiger partial charge in [-0.1, -0.05) is 36.4 Å².